The number of benzene rings is 2. The molecule has 0 saturated heterocycles. The van der Waals surface area contributed by atoms with Crippen molar-refractivity contribution < 1.29 is 5.11 Å². The van der Waals surface area contributed by atoms with E-state index in [1.807, 2.05) is 24.3 Å². The molecule has 0 spiro atoms. The van der Waals surface area contributed by atoms with Crippen molar-refractivity contribution in [2.45, 2.75) is 33.0 Å². The Kier molecular flexibility index (Phi) is 5.05. The second kappa shape index (κ2) is 6.78. The van der Waals surface area contributed by atoms with Crippen LogP contribution in [0.3, 0.4) is 0 Å². The monoisotopic (exact) mass is 289 g/mol. The fourth-order valence-electron chi connectivity index (χ4n) is 2.20. The van der Waals surface area contributed by atoms with E-state index in [0.29, 0.717) is 11.1 Å². The van der Waals surface area contributed by atoms with Crippen LogP contribution in [0.25, 0.3) is 0 Å². The molecule has 1 N–H and O–H groups in total. The smallest absolute Gasteiger partial charge is 0.0696 e. The van der Waals surface area contributed by atoms with E-state index in [4.69, 9.17) is 11.6 Å². The molecule has 2 aromatic rings. The summed E-state index contributed by atoms with van der Waals surface area (Å²) in [5, 5.41) is 9.81. The molecule has 106 valence electrons. The number of aliphatic hydroxyl groups is 1. The molecule has 0 aliphatic rings. The first-order chi connectivity index (χ1) is 9.61. The summed E-state index contributed by atoms with van der Waals surface area (Å²) in [7, 11) is 0. The average Bonchev–Trinajstić information content (AvgIpc) is 2.45. The number of halogens is 1. The molecule has 0 fully saturated rings. The van der Waals surface area contributed by atoms with Gasteiger partial charge in [0.05, 0.1) is 6.61 Å². The molecule has 0 amide bonds. The molecule has 0 aliphatic carbocycles. The van der Waals surface area contributed by atoms with Gasteiger partial charge in [-0.15, -0.1) is 0 Å². The van der Waals surface area contributed by atoms with Crippen molar-refractivity contribution in [1.29, 1.82) is 0 Å². The van der Waals surface area contributed by atoms with E-state index in [1.54, 1.807) is 0 Å². The Bertz CT molecular complexity index is 554. The van der Waals surface area contributed by atoms with E-state index in [2.05, 4.69) is 43.0 Å². The first-order valence-electron chi connectivity index (χ1n) is 6.81. The van der Waals surface area contributed by atoms with Crippen molar-refractivity contribution in [2.24, 2.45) is 0 Å². The molecule has 3 heteroatoms. The highest BCUT2D eigenvalue weighted by molar-refractivity contribution is 6.31. The molecule has 20 heavy (non-hydrogen) atoms. The summed E-state index contributed by atoms with van der Waals surface area (Å²) in [5.74, 6) is 0. The fourth-order valence-corrected chi connectivity index (χ4v) is 2.43. The second-order valence-electron chi connectivity index (χ2n) is 5.14. The first kappa shape index (κ1) is 14.9. The third-order valence-corrected chi connectivity index (χ3v) is 3.71. The zero-order valence-electron chi connectivity index (χ0n) is 11.9. The Labute approximate surface area is 125 Å². The summed E-state index contributed by atoms with van der Waals surface area (Å²) < 4.78 is 0. The maximum Gasteiger partial charge on any atom is 0.0696 e. The van der Waals surface area contributed by atoms with Gasteiger partial charge >= 0.3 is 0 Å². The molecular formula is C17H20ClNO. The van der Waals surface area contributed by atoms with Crippen molar-refractivity contribution in [1.82, 2.24) is 0 Å². The van der Waals surface area contributed by atoms with Crippen molar-refractivity contribution in [3.05, 3.63) is 64.7 Å². The van der Waals surface area contributed by atoms with Crippen LogP contribution in [0, 0.1) is 0 Å². The summed E-state index contributed by atoms with van der Waals surface area (Å²) in [6, 6.07) is 16.6. The van der Waals surface area contributed by atoms with Crippen LogP contribution < -0.4 is 4.90 Å². The summed E-state index contributed by atoms with van der Waals surface area (Å²) >= 11 is 6.19. The number of nitrogens with zero attached hydrogens (tertiary/aromatic N) is 1. The largest absolute Gasteiger partial charge is 0.392 e. The van der Waals surface area contributed by atoms with Crippen molar-refractivity contribution in [2.75, 3.05) is 4.90 Å². The van der Waals surface area contributed by atoms with Crippen LogP contribution in [-0.4, -0.2) is 11.1 Å². The zero-order valence-corrected chi connectivity index (χ0v) is 12.6. The average molecular weight is 290 g/mol. The highest BCUT2D eigenvalue weighted by Gasteiger charge is 2.12. The molecular weight excluding hydrogens is 270 g/mol. The van der Waals surface area contributed by atoms with E-state index in [0.717, 1.165) is 17.8 Å². The Hall–Kier alpha value is -1.51. The molecule has 0 aliphatic heterocycles. The van der Waals surface area contributed by atoms with Gasteiger partial charge in [0, 0.05) is 23.3 Å². The van der Waals surface area contributed by atoms with Gasteiger partial charge in [-0.2, -0.15) is 0 Å². The summed E-state index contributed by atoms with van der Waals surface area (Å²) in [4.78, 5) is 2.29. The third-order valence-electron chi connectivity index (χ3n) is 3.36. The molecule has 0 atom stereocenters. The highest BCUT2D eigenvalue weighted by atomic mass is 35.5. The van der Waals surface area contributed by atoms with Gasteiger partial charge in [0.15, 0.2) is 0 Å². The molecule has 0 bridgehead atoms. The predicted molar refractivity (Wildman–Crippen MR) is 85.1 cm³/mol. The highest BCUT2D eigenvalue weighted by Crippen LogP contribution is 2.26. The Balaban J connectivity index is 2.27. The summed E-state index contributed by atoms with van der Waals surface area (Å²) in [6.45, 7) is 5.14. The molecule has 0 heterocycles. The number of hydrogen-bond acceptors (Lipinski definition) is 2. The Morgan fingerprint density at radius 2 is 1.80 bits per heavy atom. The SMILES string of the molecule is CC(C)N(Cc1ccccc1)c1ccc(CO)c(Cl)c1. The molecule has 2 rings (SSSR count). The number of anilines is 1. The second-order valence-corrected chi connectivity index (χ2v) is 5.55. The van der Waals surface area contributed by atoms with Gasteiger partial charge in [-0.25, -0.2) is 0 Å². The third kappa shape index (κ3) is 3.53. The van der Waals surface area contributed by atoms with Crippen molar-refractivity contribution in [3.63, 3.8) is 0 Å². The van der Waals surface area contributed by atoms with Crippen LogP contribution in [-0.2, 0) is 13.2 Å². The summed E-state index contributed by atoms with van der Waals surface area (Å²) in [5.41, 5.74) is 3.11. The lowest BCUT2D eigenvalue weighted by Crippen LogP contribution is -2.30. The fraction of sp³-hybridized carbons (Fsp3) is 0.294. The molecule has 2 nitrogen and oxygen atoms in total. The molecule has 0 aromatic heterocycles. The zero-order chi connectivity index (χ0) is 14.5. The topological polar surface area (TPSA) is 23.5 Å². The minimum absolute atomic E-state index is 0.0283. The molecule has 2 aromatic carbocycles. The Morgan fingerprint density at radius 3 is 2.35 bits per heavy atom. The van der Waals surface area contributed by atoms with Crippen LogP contribution in [0.2, 0.25) is 5.02 Å². The van der Waals surface area contributed by atoms with Gasteiger partial charge in [-0.05, 0) is 37.1 Å². The van der Waals surface area contributed by atoms with Crippen LogP contribution in [0.15, 0.2) is 48.5 Å². The van der Waals surface area contributed by atoms with E-state index in [9.17, 15) is 5.11 Å². The van der Waals surface area contributed by atoms with Gasteiger partial charge in [-0.1, -0.05) is 48.0 Å². The van der Waals surface area contributed by atoms with E-state index in [1.165, 1.54) is 5.56 Å². The lowest BCUT2D eigenvalue weighted by atomic mass is 10.1. The lowest BCUT2D eigenvalue weighted by molar-refractivity contribution is 0.282. The summed E-state index contributed by atoms with van der Waals surface area (Å²) in [6.07, 6.45) is 0. The number of aliphatic hydroxyl groups excluding tert-OH is 1. The molecule has 0 radical (unpaired) electrons. The van der Waals surface area contributed by atoms with Crippen molar-refractivity contribution >= 4 is 17.3 Å². The van der Waals surface area contributed by atoms with Gasteiger partial charge in [0.25, 0.3) is 0 Å². The van der Waals surface area contributed by atoms with Gasteiger partial charge in [0.2, 0.25) is 0 Å². The molecule has 0 unspecified atom stereocenters. The normalized spacial score (nSPS) is 10.8. The van der Waals surface area contributed by atoms with E-state index in [-0.39, 0.29) is 6.61 Å². The minimum Gasteiger partial charge on any atom is -0.392 e. The first-order valence-corrected chi connectivity index (χ1v) is 7.19. The number of rotatable bonds is 5. The number of hydrogen-bond donors (Lipinski definition) is 1. The maximum absolute atomic E-state index is 9.19. The van der Waals surface area contributed by atoms with E-state index >= 15 is 0 Å². The van der Waals surface area contributed by atoms with Crippen LogP contribution in [0.5, 0.6) is 0 Å². The van der Waals surface area contributed by atoms with Gasteiger partial charge < -0.3 is 10.0 Å². The minimum atomic E-state index is -0.0283. The molecule has 0 saturated carbocycles. The quantitative estimate of drug-likeness (QED) is 0.889. The van der Waals surface area contributed by atoms with Gasteiger partial charge in [-0.3, -0.25) is 0 Å². The van der Waals surface area contributed by atoms with Crippen LogP contribution in [0.1, 0.15) is 25.0 Å². The predicted octanol–water partition coefficient (Wildman–Crippen LogP) is 4.25. The maximum atomic E-state index is 9.19. The van der Waals surface area contributed by atoms with Gasteiger partial charge in [0.1, 0.15) is 0 Å². The Morgan fingerprint density at radius 1 is 1.10 bits per heavy atom. The van der Waals surface area contributed by atoms with Crippen LogP contribution >= 0.6 is 11.6 Å². The van der Waals surface area contributed by atoms with Crippen LogP contribution in [0.4, 0.5) is 5.69 Å². The van der Waals surface area contributed by atoms with Crippen molar-refractivity contribution in [3.8, 4) is 0 Å². The standard InChI is InChI=1S/C17H20ClNO/c1-13(2)19(11-14-6-4-3-5-7-14)16-9-8-15(12-20)17(18)10-16/h3-10,13,20H,11-12H2,1-2H3. The lowest BCUT2D eigenvalue weighted by Gasteiger charge is -2.29. The van der Waals surface area contributed by atoms with E-state index < -0.39 is 0 Å².